The van der Waals surface area contributed by atoms with Gasteiger partial charge in [-0.1, -0.05) is 41.4 Å². The minimum atomic E-state index is -0.138. The van der Waals surface area contributed by atoms with Crippen LogP contribution < -0.4 is 10.1 Å². The molecular weight excluding hydrogens is 323 g/mol. The topological polar surface area (TPSA) is 51.2 Å². The van der Waals surface area contributed by atoms with Crippen molar-refractivity contribution in [2.45, 2.75) is 20.3 Å². The first-order valence-corrected chi connectivity index (χ1v) is 7.54. The number of aromatic nitrogens is 1. The molecule has 1 heterocycles. The highest BCUT2D eigenvalue weighted by Crippen LogP contribution is 2.36. The van der Waals surface area contributed by atoms with E-state index in [0.29, 0.717) is 27.2 Å². The van der Waals surface area contributed by atoms with Crippen molar-refractivity contribution >= 4 is 34.8 Å². The molecule has 0 spiro atoms. The van der Waals surface area contributed by atoms with Crippen LogP contribution in [0, 0.1) is 13.8 Å². The number of nitrogens with one attached hydrogen (secondary N) is 1. The summed E-state index contributed by atoms with van der Waals surface area (Å²) < 4.78 is 5.57. The van der Waals surface area contributed by atoms with Gasteiger partial charge in [0.05, 0.1) is 24.4 Å². The lowest BCUT2D eigenvalue weighted by Crippen LogP contribution is -2.15. The molecule has 0 bridgehead atoms. The molecule has 1 N–H and O–H groups in total. The van der Waals surface area contributed by atoms with E-state index in [9.17, 15) is 4.79 Å². The maximum Gasteiger partial charge on any atom is 0.227 e. The number of ether oxygens (including phenoxy) is 1. The monoisotopic (exact) mass is 338 g/mol. The first kappa shape index (κ1) is 16.6. The van der Waals surface area contributed by atoms with Crippen LogP contribution in [0.2, 0.25) is 10.0 Å². The summed E-state index contributed by atoms with van der Waals surface area (Å²) in [6.45, 7) is 3.74. The normalized spacial score (nSPS) is 10.4. The number of halogens is 2. The Morgan fingerprint density at radius 2 is 1.73 bits per heavy atom. The van der Waals surface area contributed by atoms with Crippen LogP contribution in [0.5, 0.6) is 5.75 Å². The number of para-hydroxylation sites is 1. The maximum atomic E-state index is 11.8. The zero-order chi connectivity index (χ0) is 16.1. The number of hydrogen-bond donors (Lipinski definition) is 1. The SMILES string of the molecule is Cc1nc(C)c(Cl)c(OCCC(=O)Nc2ccccc2)c1Cl. The number of carbonyl (C=O) groups is 1. The van der Waals surface area contributed by atoms with Gasteiger partial charge in [-0.15, -0.1) is 0 Å². The Bertz CT molecular complexity index is 649. The van der Waals surface area contributed by atoms with E-state index in [4.69, 9.17) is 27.9 Å². The molecular formula is C16H16Cl2N2O2. The number of hydrogen-bond acceptors (Lipinski definition) is 3. The van der Waals surface area contributed by atoms with Gasteiger partial charge in [-0.25, -0.2) is 0 Å². The van der Waals surface area contributed by atoms with Crippen molar-refractivity contribution in [3.63, 3.8) is 0 Å². The fourth-order valence-corrected chi connectivity index (χ4v) is 2.32. The zero-order valence-corrected chi connectivity index (χ0v) is 13.8. The Labute approximate surface area is 139 Å². The van der Waals surface area contributed by atoms with Gasteiger partial charge in [-0.05, 0) is 26.0 Å². The van der Waals surface area contributed by atoms with Crippen LogP contribution in [-0.4, -0.2) is 17.5 Å². The van der Waals surface area contributed by atoms with Crippen LogP contribution in [0.1, 0.15) is 17.8 Å². The molecule has 0 aliphatic rings. The summed E-state index contributed by atoms with van der Waals surface area (Å²) in [5, 5.41) is 3.53. The molecule has 0 saturated carbocycles. The molecule has 0 unspecified atom stereocenters. The lowest BCUT2D eigenvalue weighted by atomic mass is 10.3. The summed E-state index contributed by atoms with van der Waals surface area (Å²) in [6.07, 6.45) is 0.196. The summed E-state index contributed by atoms with van der Waals surface area (Å²) in [4.78, 5) is 16.0. The Morgan fingerprint density at radius 1 is 1.14 bits per heavy atom. The van der Waals surface area contributed by atoms with Crippen molar-refractivity contribution in [2.75, 3.05) is 11.9 Å². The van der Waals surface area contributed by atoms with E-state index in [1.54, 1.807) is 13.8 Å². The predicted octanol–water partition coefficient (Wildman–Crippen LogP) is 4.41. The number of carbonyl (C=O) groups excluding carboxylic acids is 1. The predicted molar refractivity (Wildman–Crippen MR) is 88.9 cm³/mol. The van der Waals surface area contributed by atoms with E-state index in [1.807, 2.05) is 30.3 Å². The van der Waals surface area contributed by atoms with Crippen molar-refractivity contribution in [2.24, 2.45) is 0 Å². The number of anilines is 1. The molecule has 22 heavy (non-hydrogen) atoms. The van der Waals surface area contributed by atoms with Crippen molar-refractivity contribution in [1.29, 1.82) is 0 Å². The number of rotatable bonds is 5. The van der Waals surface area contributed by atoms with Crippen LogP contribution in [0.3, 0.4) is 0 Å². The molecule has 0 atom stereocenters. The minimum absolute atomic E-state index is 0.138. The smallest absolute Gasteiger partial charge is 0.227 e. The van der Waals surface area contributed by atoms with Gasteiger partial charge in [0.25, 0.3) is 0 Å². The van der Waals surface area contributed by atoms with E-state index >= 15 is 0 Å². The fraction of sp³-hybridized carbons (Fsp3) is 0.250. The molecule has 1 aromatic carbocycles. The van der Waals surface area contributed by atoms with Crippen molar-refractivity contribution in [3.8, 4) is 5.75 Å². The van der Waals surface area contributed by atoms with Crippen LogP contribution in [-0.2, 0) is 4.79 Å². The van der Waals surface area contributed by atoms with Crippen molar-refractivity contribution < 1.29 is 9.53 Å². The molecule has 1 aromatic heterocycles. The summed E-state index contributed by atoms with van der Waals surface area (Å²) in [5.41, 5.74) is 2.04. The van der Waals surface area contributed by atoms with E-state index in [-0.39, 0.29) is 18.9 Å². The third-order valence-electron chi connectivity index (χ3n) is 3.00. The lowest BCUT2D eigenvalue weighted by Gasteiger charge is -2.13. The molecule has 0 saturated heterocycles. The second-order valence-corrected chi connectivity index (χ2v) is 5.51. The van der Waals surface area contributed by atoms with Gasteiger partial charge in [0.1, 0.15) is 10.0 Å². The Kier molecular flexibility index (Phi) is 5.63. The van der Waals surface area contributed by atoms with Crippen LogP contribution in [0.4, 0.5) is 5.69 Å². The zero-order valence-electron chi connectivity index (χ0n) is 12.3. The molecule has 116 valence electrons. The van der Waals surface area contributed by atoms with Crippen LogP contribution in [0.15, 0.2) is 30.3 Å². The first-order chi connectivity index (χ1) is 10.5. The number of nitrogens with zero attached hydrogens (tertiary/aromatic N) is 1. The Hall–Kier alpha value is -1.78. The Morgan fingerprint density at radius 3 is 2.32 bits per heavy atom. The summed E-state index contributed by atoms with van der Waals surface area (Å²) in [7, 11) is 0. The van der Waals surface area contributed by atoms with E-state index in [2.05, 4.69) is 10.3 Å². The standard InChI is InChI=1S/C16H16Cl2N2O2/c1-10-14(17)16(15(18)11(2)19-10)22-9-8-13(21)20-12-6-4-3-5-7-12/h3-7H,8-9H2,1-2H3,(H,20,21). The highest BCUT2D eigenvalue weighted by atomic mass is 35.5. The molecule has 0 fully saturated rings. The maximum absolute atomic E-state index is 11.8. The molecule has 2 rings (SSSR count). The molecule has 2 aromatic rings. The first-order valence-electron chi connectivity index (χ1n) is 6.79. The lowest BCUT2D eigenvalue weighted by molar-refractivity contribution is -0.116. The second kappa shape index (κ2) is 7.47. The largest absolute Gasteiger partial charge is 0.490 e. The highest BCUT2D eigenvalue weighted by Gasteiger charge is 2.15. The average Bonchev–Trinajstić information content (AvgIpc) is 2.50. The summed E-state index contributed by atoms with van der Waals surface area (Å²) in [5.74, 6) is 0.238. The second-order valence-electron chi connectivity index (χ2n) is 4.75. The van der Waals surface area contributed by atoms with Gasteiger partial charge < -0.3 is 10.1 Å². The number of benzene rings is 1. The van der Waals surface area contributed by atoms with Gasteiger partial charge in [-0.2, -0.15) is 0 Å². The number of amides is 1. The third-order valence-corrected chi connectivity index (χ3v) is 3.89. The van der Waals surface area contributed by atoms with Gasteiger partial charge in [-0.3, -0.25) is 9.78 Å². The molecule has 0 aliphatic heterocycles. The third kappa shape index (κ3) is 4.12. The van der Waals surface area contributed by atoms with Gasteiger partial charge in [0, 0.05) is 5.69 Å². The van der Waals surface area contributed by atoms with Crippen molar-refractivity contribution in [1.82, 2.24) is 4.98 Å². The molecule has 0 aliphatic carbocycles. The van der Waals surface area contributed by atoms with E-state index in [0.717, 1.165) is 5.69 Å². The van der Waals surface area contributed by atoms with Crippen LogP contribution in [0.25, 0.3) is 0 Å². The fourth-order valence-electron chi connectivity index (χ4n) is 1.89. The van der Waals surface area contributed by atoms with Crippen molar-refractivity contribution in [3.05, 3.63) is 51.8 Å². The minimum Gasteiger partial charge on any atom is -0.490 e. The molecule has 4 nitrogen and oxygen atoms in total. The number of pyridine rings is 1. The van der Waals surface area contributed by atoms with E-state index < -0.39 is 0 Å². The van der Waals surface area contributed by atoms with Gasteiger partial charge >= 0.3 is 0 Å². The van der Waals surface area contributed by atoms with E-state index in [1.165, 1.54) is 0 Å². The molecule has 6 heteroatoms. The average molecular weight is 339 g/mol. The summed E-state index contributed by atoms with van der Waals surface area (Å²) in [6, 6.07) is 9.24. The number of aryl methyl sites for hydroxylation is 2. The quantitative estimate of drug-likeness (QED) is 0.878. The van der Waals surface area contributed by atoms with Crippen LogP contribution >= 0.6 is 23.2 Å². The molecule has 0 radical (unpaired) electrons. The highest BCUT2D eigenvalue weighted by molar-refractivity contribution is 6.37. The van der Waals surface area contributed by atoms with Gasteiger partial charge in [0.15, 0.2) is 5.75 Å². The van der Waals surface area contributed by atoms with Gasteiger partial charge in [0.2, 0.25) is 5.91 Å². The summed E-state index contributed by atoms with van der Waals surface area (Å²) >= 11 is 12.3. The Balaban J connectivity index is 1.93. The molecule has 1 amide bonds.